The van der Waals surface area contributed by atoms with Crippen molar-refractivity contribution in [1.82, 2.24) is 0 Å². The van der Waals surface area contributed by atoms with Gasteiger partial charge in [-0.3, -0.25) is 9.59 Å². The lowest BCUT2D eigenvalue weighted by atomic mass is 9.66. The van der Waals surface area contributed by atoms with Gasteiger partial charge in [-0.05, 0) is 49.8 Å². The molecule has 3 rings (SSSR count). The lowest BCUT2D eigenvalue weighted by Gasteiger charge is -2.36. The molecule has 0 heterocycles. The summed E-state index contributed by atoms with van der Waals surface area (Å²) in [6.45, 7) is 5.84. The molecule has 2 aromatic rings. The quantitative estimate of drug-likeness (QED) is 0.257. The number of benzene rings is 2. The van der Waals surface area contributed by atoms with Gasteiger partial charge in [-0.2, -0.15) is 0 Å². The molecule has 2 atom stereocenters. The Balaban J connectivity index is 2.05. The van der Waals surface area contributed by atoms with Gasteiger partial charge in [0.05, 0.1) is 17.1 Å². The van der Waals surface area contributed by atoms with E-state index in [4.69, 9.17) is 0 Å². The molecule has 1 aliphatic carbocycles. The standard InChI is InChI=1S/C31H38O4/c1-4-6-8-14-22-16-10-12-18-24(22)29(34)28-26(32)20-21-27(33)31(28,3)30(35)25-19-13-11-17-23(25)15-9-7-5-2/h10-13,16-21,27,32-33H,4-9,14-15H2,1-3H3. The van der Waals surface area contributed by atoms with Crippen LogP contribution in [0.5, 0.6) is 0 Å². The molecular formula is C31H38O4. The van der Waals surface area contributed by atoms with E-state index in [9.17, 15) is 19.8 Å². The highest BCUT2D eigenvalue weighted by atomic mass is 16.3. The van der Waals surface area contributed by atoms with Crippen molar-refractivity contribution in [3.8, 4) is 0 Å². The molecule has 186 valence electrons. The van der Waals surface area contributed by atoms with Crippen LogP contribution in [0.15, 0.2) is 72.0 Å². The summed E-state index contributed by atoms with van der Waals surface area (Å²) in [6.07, 6.45) is 9.16. The minimum atomic E-state index is -1.60. The Kier molecular flexibility index (Phi) is 9.22. The largest absolute Gasteiger partial charge is 0.507 e. The SMILES string of the molecule is CCCCCc1ccccc1C(=O)C1=C(O)C=CC(O)C1(C)C(=O)c1ccccc1CCCCC. The molecule has 0 radical (unpaired) electrons. The van der Waals surface area contributed by atoms with Crippen molar-refractivity contribution >= 4 is 11.6 Å². The number of allylic oxidation sites excluding steroid dienone is 1. The molecule has 0 spiro atoms. The summed E-state index contributed by atoms with van der Waals surface area (Å²) in [5.41, 5.74) is 1.12. The highest BCUT2D eigenvalue weighted by Crippen LogP contribution is 2.42. The van der Waals surface area contributed by atoms with Crippen molar-refractivity contribution in [2.24, 2.45) is 5.41 Å². The third kappa shape index (κ3) is 5.65. The molecule has 0 fully saturated rings. The fourth-order valence-electron chi connectivity index (χ4n) is 4.94. The number of ketones is 2. The highest BCUT2D eigenvalue weighted by molar-refractivity contribution is 6.17. The smallest absolute Gasteiger partial charge is 0.194 e. The maximum absolute atomic E-state index is 14.1. The number of aryl methyl sites for hydroxylation is 2. The van der Waals surface area contributed by atoms with Crippen LogP contribution in [-0.2, 0) is 12.8 Å². The van der Waals surface area contributed by atoms with Crippen LogP contribution < -0.4 is 0 Å². The molecule has 4 heteroatoms. The number of rotatable bonds is 12. The van der Waals surface area contributed by atoms with Crippen LogP contribution in [0.3, 0.4) is 0 Å². The van der Waals surface area contributed by atoms with Gasteiger partial charge < -0.3 is 10.2 Å². The molecule has 0 bridgehead atoms. The number of unbranched alkanes of at least 4 members (excludes halogenated alkanes) is 4. The maximum Gasteiger partial charge on any atom is 0.194 e. The minimum Gasteiger partial charge on any atom is -0.507 e. The predicted octanol–water partition coefficient (Wildman–Crippen LogP) is 6.97. The normalized spacial score (nSPS) is 19.7. The van der Waals surface area contributed by atoms with Crippen LogP contribution in [-0.4, -0.2) is 27.9 Å². The Morgan fingerprint density at radius 3 is 1.91 bits per heavy atom. The maximum atomic E-state index is 14.1. The number of carbonyl (C=O) groups excluding carboxylic acids is 2. The highest BCUT2D eigenvalue weighted by Gasteiger charge is 2.49. The van der Waals surface area contributed by atoms with Crippen LogP contribution in [0.1, 0.15) is 91.1 Å². The number of aliphatic hydroxyl groups excluding tert-OH is 2. The van der Waals surface area contributed by atoms with E-state index in [1.807, 2.05) is 24.3 Å². The van der Waals surface area contributed by atoms with Gasteiger partial charge in [0.25, 0.3) is 0 Å². The summed E-state index contributed by atoms with van der Waals surface area (Å²) < 4.78 is 0. The van der Waals surface area contributed by atoms with Crippen molar-refractivity contribution in [3.63, 3.8) is 0 Å². The van der Waals surface area contributed by atoms with Crippen LogP contribution in [0.2, 0.25) is 0 Å². The van der Waals surface area contributed by atoms with Gasteiger partial charge in [0.1, 0.15) is 5.76 Å². The van der Waals surface area contributed by atoms with Crippen LogP contribution in [0.4, 0.5) is 0 Å². The molecule has 0 saturated carbocycles. The number of Topliss-reactive ketones (excluding diaryl/α,β-unsaturated/α-hetero) is 2. The van der Waals surface area contributed by atoms with Gasteiger partial charge >= 0.3 is 0 Å². The zero-order valence-corrected chi connectivity index (χ0v) is 21.2. The molecule has 2 unspecified atom stereocenters. The fourth-order valence-corrected chi connectivity index (χ4v) is 4.94. The van der Waals surface area contributed by atoms with Crippen molar-refractivity contribution in [1.29, 1.82) is 0 Å². The molecule has 4 nitrogen and oxygen atoms in total. The van der Waals surface area contributed by atoms with E-state index in [0.29, 0.717) is 11.1 Å². The number of aliphatic hydroxyl groups is 2. The lowest BCUT2D eigenvalue weighted by molar-refractivity contribution is 0.0561. The third-order valence-electron chi connectivity index (χ3n) is 7.13. The second-order valence-corrected chi connectivity index (χ2v) is 9.65. The molecule has 0 aromatic heterocycles. The van der Waals surface area contributed by atoms with Crippen LogP contribution >= 0.6 is 0 Å². The first-order chi connectivity index (χ1) is 16.9. The summed E-state index contributed by atoms with van der Waals surface area (Å²) in [5, 5.41) is 22.0. The molecular weight excluding hydrogens is 436 g/mol. The van der Waals surface area contributed by atoms with Crippen molar-refractivity contribution in [2.75, 3.05) is 0 Å². The van der Waals surface area contributed by atoms with Crippen LogP contribution in [0, 0.1) is 5.41 Å². The van der Waals surface area contributed by atoms with Crippen molar-refractivity contribution in [2.45, 2.75) is 78.2 Å². The first kappa shape index (κ1) is 26.6. The topological polar surface area (TPSA) is 74.6 Å². The summed E-state index contributed by atoms with van der Waals surface area (Å²) >= 11 is 0. The van der Waals surface area contributed by atoms with E-state index in [2.05, 4.69) is 13.8 Å². The molecule has 35 heavy (non-hydrogen) atoms. The van der Waals surface area contributed by atoms with E-state index in [-0.39, 0.29) is 17.1 Å². The molecule has 0 amide bonds. The Hall–Kier alpha value is -2.98. The fraction of sp³-hybridized carbons (Fsp3) is 0.419. The number of hydrogen-bond donors (Lipinski definition) is 2. The summed E-state index contributed by atoms with van der Waals surface area (Å²) in [5.74, 6) is -1.01. The Morgan fingerprint density at radius 1 is 0.829 bits per heavy atom. The number of carbonyl (C=O) groups is 2. The van der Waals surface area contributed by atoms with E-state index in [1.54, 1.807) is 31.2 Å². The Morgan fingerprint density at radius 2 is 1.34 bits per heavy atom. The summed E-state index contributed by atoms with van der Waals surface area (Å²) in [4.78, 5) is 28.0. The van der Waals surface area contributed by atoms with Crippen molar-refractivity contribution < 1.29 is 19.8 Å². The zero-order valence-electron chi connectivity index (χ0n) is 21.2. The first-order valence-electron chi connectivity index (χ1n) is 12.9. The summed E-state index contributed by atoms with van der Waals surface area (Å²) in [7, 11) is 0. The zero-order chi connectivity index (χ0) is 25.4. The van der Waals surface area contributed by atoms with Gasteiger partial charge in [0, 0.05) is 11.1 Å². The van der Waals surface area contributed by atoms with E-state index in [1.165, 1.54) is 12.2 Å². The first-order valence-corrected chi connectivity index (χ1v) is 12.9. The Bertz CT molecular complexity index is 1110. The van der Waals surface area contributed by atoms with Crippen LogP contribution in [0.25, 0.3) is 0 Å². The van der Waals surface area contributed by atoms with Gasteiger partial charge in [-0.25, -0.2) is 0 Å². The monoisotopic (exact) mass is 474 g/mol. The second kappa shape index (κ2) is 12.1. The van der Waals surface area contributed by atoms with Gasteiger partial charge in [0.2, 0.25) is 0 Å². The summed E-state index contributed by atoms with van der Waals surface area (Å²) in [6, 6.07) is 14.8. The average molecular weight is 475 g/mol. The average Bonchev–Trinajstić information content (AvgIpc) is 2.87. The molecule has 2 N–H and O–H groups in total. The minimum absolute atomic E-state index is 0.0381. The molecule has 1 aliphatic rings. The van der Waals surface area contributed by atoms with E-state index >= 15 is 0 Å². The van der Waals surface area contributed by atoms with E-state index in [0.717, 1.165) is 62.5 Å². The lowest BCUT2D eigenvalue weighted by Crippen LogP contribution is -2.45. The van der Waals surface area contributed by atoms with Crippen molar-refractivity contribution in [3.05, 3.63) is 94.3 Å². The molecule has 0 aliphatic heterocycles. The molecule has 2 aromatic carbocycles. The third-order valence-corrected chi connectivity index (χ3v) is 7.13. The molecule has 0 saturated heterocycles. The Labute approximate surface area is 209 Å². The predicted molar refractivity (Wildman–Crippen MR) is 141 cm³/mol. The van der Waals surface area contributed by atoms with E-state index < -0.39 is 17.3 Å². The van der Waals surface area contributed by atoms with Gasteiger partial charge in [0.15, 0.2) is 11.6 Å². The second-order valence-electron chi connectivity index (χ2n) is 9.65. The van der Waals surface area contributed by atoms with Gasteiger partial charge in [-0.15, -0.1) is 0 Å². The van der Waals surface area contributed by atoms with Gasteiger partial charge in [-0.1, -0.05) is 94.1 Å². The number of hydrogen-bond acceptors (Lipinski definition) is 4.